The van der Waals surface area contributed by atoms with Crippen LogP contribution in [0.2, 0.25) is 5.02 Å². The van der Waals surface area contributed by atoms with Crippen LogP contribution in [-0.4, -0.2) is 36.0 Å². The number of pyridine rings is 1. The van der Waals surface area contributed by atoms with Gasteiger partial charge in [0.1, 0.15) is 5.82 Å². The maximum atomic E-state index is 13.7. The van der Waals surface area contributed by atoms with Gasteiger partial charge in [0, 0.05) is 36.7 Å². The minimum Gasteiger partial charge on any atom is -0.349 e. The molecule has 0 aliphatic heterocycles. The first-order chi connectivity index (χ1) is 19.0. The number of nitrogens with zero attached hydrogens (tertiary/aromatic N) is 4. The molecule has 1 fully saturated rings. The minimum atomic E-state index is -0.136. The molecule has 1 saturated carbocycles. The van der Waals surface area contributed by atoms with Crippen molar-refractivity contribution < 1.29 is 4.79 Å². The molecule has 9 heteroatoms. The fourth-order valence-corrected chi connectivity index (χ4v) is 5.73. The molecule has 0 bridgehead atoms. The molecule has 0 saturated heterocycles. The average molecular weight is 541 g/mol. The van der Waals surface area contributed by atoms with E-state index in [4.69, 9.17) is 11.6 Å². The van der Waals surface area contributed by atoms with E-state index in [1.165, 1.54) is 0 Å². The van der Waals surface area contributed by atoms with E-state index < -0.39 is 0 Å². The topological polar surface area (TPSA) is 97.6 Å². The monoisotopic (exact) mass is 540 g/mol. The minimum absolute atomic E-state index is 0.0405. The predicted molar refractivity (Wildman–Crippen MR) is 152 cm³/mol. The van der Waals surface area contributed by atoms with Crippen LogP contribution in [0.4, 0.5) is 0 Å². The number of aryl methyl sites for hydroxylation is 1. The van der Waals surface area contributed by atoms with Crippen LogP contribution in [0.15, 0.2) is 78.0 Å². The van der Waals surface area contributed by atoms with Crippen LogP contribution < -0.4 is 11.0 Å². The standard InChI is InChI=1S/C30H29ClN6O2/c1-19-25(16-22(31)17-34-19)29(38)35-23-10-6-20(7-11-23)18-36-26-4-2-3-5-27(26)37(30(36)39)24-12-8-21(9-13-24)28-32-14-15-33-28/h2-5,8-9,12-17,20,23H,6-7,10-11,18H2,1H3,(H,32,33)(H,35,38). The van der Waals surface area contributed by atoms with E-state index in [0.29, 0.717) is 28.7 Å². The second kappa shape index (κ2) is 10.5. The fourth-order valence-electron chi connectivity index (χ4n) is 5.57. The van der Waals surface area contributed by atoms with Crippen molar-refractivity contribution in [2.24, 2.45) is 5.92 Å². The second-order valence-corrected chi connectivity index (χ2v) is 10.6. The van der Waals surface area contributed by atoms with Gasteiger partial charge in [-0.05, 0) is 81.0 Å². The number of fused-ring (bicyclic) bond motifs is 1. The Morgan fingerprint density at radius 2 is 1.79 bits per heavy atom. The summed E-state index contributed by atoms with van der Waals surface area (Å²) in [7, 11) is 0. The van der Waals surface area contributed by atoms with E-state index in [1.807, 2.05) is 60.0 Å². The van der Waals surface area contributed by atoms with Crippen LogP contribution in [0.5, 0.6) is 0 Å². The summed E-state index contributed by atoms with van der Waals surface area (Å²) in [5.74, 6) is 1.01. The van der Waals surface area contributed by atoms with Gasteiger partial charge in [-0.15, -0.1) is 0 Å². The molecule has 3 aromatic heterocycles. The maximum absolute atomic E-state index is 13.7. The Morgan fingerprint density at radius 3 is 2.51 bits per heavy atom. The Kier molecular flexibility index (Phi) is 6.79. The van der Waals surface area contributed by atoms with Crippen molar-refractivity contribution in [2.75, 3.05) is 0 Å². The molecular weight excluding hydrogens is 512 g/mol. The first-order valence-corrected chi connectivity index (χ1v) is 13.6. The van der Waals surface area contributed by atoms with Gasteiger partial charge in [0.25, 0.3) is 5.91 Å². The Hall–Kier alpha value is -4.17. The first kappa shape index (κ1) is 25.1. The van der Waals surface area contributed by atoms with Gasteiger partial charge in [-0.1, -0.05) is 23.7 Å². The summed E-state index contributed by atoms with van der Waals surface area (Å²) in [4.78, 5) is 38.2. The molecule has 1 aliphatic rings. The Bertz CT molecular complexity index is 1680. The van der Waals surface area contributed by atoms with E-state index in [2.05, 4.69) is 20.3 Å². The smallest absolute Gasteiger partial charge is 0.333 e. The zero-order chi connectivity index (χ0) is 26.9. The number of para-hydroxylation sites is 2. The SMILES string of the molecule is Cc1ncc(Cl)cc1C(=O)NC1CCC(Cn2c(=O)n(-c3ccc(-c4ncc[nH]4)cc3)c3ccccc32)CC1. The van der Waals surface area contributed by atoms with Crippen LogP contribution in [0.3, 0.4) is 0 Å². The highest BCUT2D eigenvalue weighted by atomic mass is 35.5. The number of amides is 1. The molecule has 3 heterocycles. The lowest BCUT2D eigenvalue weighted by Crippen LogP contribution is -2.39. The average Bonchev–Trinajstić information content (AvgIpc) is 3.58. The highest BCUT2D eigenvalue weighted by molar-refractivity contribution is 6.30. The molecule has 5 aromatic rings. The summed E-state index contributed by atoms with van der Waals surface area (Å²) in [6.45, 7) is 2.46. The number of carbonyl (C=O) groups is 1. The number of aromatic nitrogens is 5. The lowest BCUT2D eigenvalue weighted by Gasteiger charge is -2.29. The van der Waals surface area contributed by atoms with Crippen molar-refractivity contribution >= 4 is 28.5 Å². The molecule has 0 unspecified atom stereocenters. The van der Waals surface area contributed by atoms with Crippen molar-refractivity contribution in [1.82, 2.24) is 29.4 Å². The van der Waals surface area contributed by atoms with Gasteiger partial charge in [-0.3, -0.25) is 18.9 Å². The molecule has 2 N–H and O–H groups in total. The number of halogens is 1. The molecule has 6 rings (SSSR count). The van der Waals surface area contributed by atoms with Crippen molar-refractivity contribution in [3.05, 3.63) is 100.0 Å². The van der Waals surface area contributed by atoms with Gasteiger partial charge in [0.15, 0.2) is 0 Å². The summed E-state index contributed by atoms with van der Waals surface area (Å²) < 4.78 is 3.69. The molecule has 39 heavy (non-hydrogen) atoms. The van der Waals surface area contributed by atoms with E-state index in [1.54, 1.807) is 29.2 Å². The van der Waals surface area contributed by atoms with Crippen molar-refractivity contribution in [2.45, 2.75) is 45.2 Å². The number of imidazole rings is 2. The number of hydrogen-bond acceptors (Lipinski definition) is 4. The van der Waals surface area contributed by atoms with Gasteiger partial charge in [0.2, 0.25) is 0 Å². The summed E-state index contributed by atoms with van der Waals surface area (Å²) in [6.07, 6.45) is 8.66. The third kappa shape index (κ3) is 5.00. The van der Waals surface area contributed by atoms with Crippen LogP contribution in [0, 0.1) is 12.8 Å². The number of nitrogens with one attached hydrogen (secondary N) is 2. The van der Waals surface area contributed by atoms with Gasteiger partial charge < -0.3 is 10.3 Å². The molecule has 1 amide bonds. The van der Waals surface area contributed by atoms with Crippen molar-refractivity contribution in [1.29, 1.82) is 0 Å². The Balaban J connectivity index is 1.18. The molecule has 1 aliphatic carbocycles. The van der Waals surface area contributed by atoms with E-state index in [0.717, 1.165) is 53.8 Å². The molecule has 0 atom stereocenters. The molecule has 198 valence electrons. The van der Waals surface area contributed by atoms with E-state index in [9.17, 15) is 9.59 Å². The van der Waals surface area contributed by atoms with Crippen molar-refractivity contribution in [3.63, 3.8) is 0 Å². The maximum Gasteiger partial charge on any atom is 0.333 e. The molecule has 0 spiro atoms. The van der Waals surface area contributed by atoms with Crippen LogP contribution in [-0.2, 0) is 6.54 Å². The Morgan fingerprint density at radius 1 is 1.05 bits per heavy atom. The normalized spacial score (nSPS) is 17.4. The second-order valence-electron chi connectivity index (χ2n) is 10.2. The highest BCUT2D eigenvalue weighted by Gasteiger charge is 2.25. The summed E-state index contributed by atoms with van der Waals surface area (Å²) in [6, 6.07) is 17.6. The number of aromatic amines is 1. The number of rotatable bonds is 6. The zero-order valence-corrected chi connectivity index (χ0v) is 22.4. The third-order valence-corrected chi connectivity index (χ3v) is 7.86. The lowest BCUT2D eigenvalue weighted by molar-refractivity contribution is 0.0919. The Labute approximate surface area is 230 Å². The van der Waals surface area contributed by atoms with Crippen LogP contribution in [0.25, 0.3) is 28.1 Å². The quantitative estimate of drug-likeness (QED) is 0.296. The molecule has 8 nitrogen and oxygen atoms in total. The zero-order valence-electron chi connectivity index (χ0n) is 21.6. The van der Waals surface area contributed by atoms with Gasteiger partial charge in [-0.25, -0.2) is 9.78 Å². The third-order valence-electron chi connectivity index (χ3n) is 7.65. The molecule has 2 aromatic carbocycles. The van der Waals surface area contributed by atoms with Gasteiger partial charge in [-0.2, -0.15) is 0 Å². The van der Waals surface area contributed by atoms with E-state index >= 15 is 0 Å². The number of hydrogen-bond donors (Lipinski definition) is 2. The largest absolute Gasteiger partial charge is 0.349 e. The molecule has 0 radical (unpaired) electrons. The van der Waals surface area contributed by atoms with Crippen LogP contribution >= 0.6 is 11.6 Å². The highest BCUT2D eigenvalue weighted by Crippen LogP contribution is 2.28. The number of H-pyrrole nitrogens is 1. The number of carbonyl (C=O) groups excluding carboxylic acids is 1. The summed E-state index contributed by atoms with van der Waals surface area (Å²) >= 11 is 6.05. The van der Waals surface area contributed by atoms with Crippen molar-refractivity contribution in [3.8, 4) is 17.1 Å². The predicted octanol–water partition coefficient (Wildman–Crippen LogP) is 5.53. The van der Waals surface area contributed by atoms with Gasteiger partial charge >= 0.3 is 5.69 Å². The molecular formula is C30H29ClN6O2. The summed E-state index contributed by atoms with van der Waals surface area (Å²) in [5.41, 5.74) is 4.74. The first-order valence-electron chi connectivity index (χ1n) is 13.2. The lowest BCUT2D eigenvalue weighted by atomic mass is 9.85. The number of benzene rings is 2. The van der Waals surface area contributed by atoms with Gasteiger partial charge in [0.05, 0.1) is 33.0 Å². The summed E-state index contributed by atoms with van der Waals surface area (Å²) in [5, 5.41) is 3.60. The van der Waals surface area contributed by atoms with E-state index in [-0.39, 0.29) is 17.6 Å². The van der Waals surface area contributed by atoms with Crippen LogP contribution in [0.1, 0.15) is 41.7 Å². The fraction of sp³-hybridized carbons (Fsp3) is 0.267.